The third-order valence-electron chi connectivity index (χ3n) is 1.64. The van der Waals surface area contributed by atoms with Gasteiger partial charge in [-0.15, -0.1) is 0 Å². The van der Waals surface area contributed by atoms with E-state index in [0.29, 0.717) is 12.1 Å². The molecular weight excluding hydrogens is 226 g/mol. The lowest BCUT2D eigenvalue weighted by atomic mass is 10.2. The standard InChI is InChI=1S/C7H7NO6S/c8-4-2-6(15(12,13)14)3(7(10)11)1-5(4)9/h1-2,9H,8H2,(H,10,11)(H,12,13,14). The molecule has 0 spiro atoms. The second kappa shape index (κ2) is 3.41. The zero-order chi connectivity index (χ0) is 11.8. The molecule has 0 heterocycles. The highest BCUT2D eigenvalue weighted by Crippen LogP contribution is 2.27. The third kappa shape index (κ3) is 2.17. The molecule has 0 amide bonds. The van der Waals surface area contributed by atoms with Gasteiger partial charge >= 0.3 is 5.97 Å². The fourth-order valence-electron chi connectivity index (χ4n) is 0.965. The molecule has 0 aromatic heterocycles. The molecule has 1 rings (SSSR count). The van der Waals surface area contributed by atoms with E-state index in [-0.39, 0.29) is 5.69 Å². The number of carboxylic acids is 1. The molecule has 0 aliphatic heterocycles. The maximum absolute atomic E-state index is 10.8. The monoisotopic (exact) mass is 233 g/mol. The SMILES string of the molecule is Nc1cc(S(=O)(=O)O)c(C(=O)O)cc1O. The molecule has 1 aromatic carbocycles. The van der Waals surface area contributed by atoms with Gasteiger partial charge in [-0.3, -0.25) is 4.55 Å². The third-order valence-corrected chi connectivity index (χ3v) is 2.53. The van der Waals surface area contributed by atoms with E-state index in [4.69, 9.17) is 20.5 Å². The Labute approximate surface area is 84.5 Å². The molecular formula is C7H7NO6S. The molecule has 5 N–H and O–H groups in total. The summed E-state index contributed by atoms with van der Waals surface area (Å²) in [7, 11) is -4.69. The van der Waals surface area contributed by atoms with Crippen molar-refractivity contribution in [1.82, 2.24) is 0 Å². The first-order chi connectivity index (χ1) is 6.73. The van der Waals surface area contributed by atoms with Gasteiger partial charge in [-0.1, -0.05) is 0 Å². The van der Waals surface area contributed by atoms with Crippen LogP contribution in [0.5, 0.6) is 5.75 Å². The van der Waals surface area contributed by atoms with E-state index in [1.165, 1.54) is 0 Å². The minimum atomic E-state index is -4.69. The van der Waals surface area contributed by atoms with Crippen molar-refractivity contribution in [2.24, 2.45) is 0 Å². The zero-order valence-electron chi connectivity index (χ0n) is 7.21. The van der Waals surface area contributed by atoms with Gasteiger partial charge in [0.1, 0.15) is 10.6 Å². The summed E-state index contributed by atoms with van der Waals surface area (Å²) in [5.41, 5.74) is 4.08. The summed E-state index contributed by atoms with van der Waals surface area (Å²) < 4.78 is 30.3. The molecule has 0 bridgehead atoms. The number of carboxylic acid groups (broad SMARTS) is 1. The van der Waals surface area contributed by atoms with Gasteiger partial charge < -0.3 is 15.9 Å². The van der Waals surface area contributed by atoms with Crippen LogP contribution in [0.3, 0.4) is 0 Å². The Kier molecular flexibility index (Phi) is 2.56. The lowest BCUT2D eigenvalue weighted by molar-refractivity contribution is 0.0692. The Morgan fingerprint density at radius 3 is 2.27 bits per heavy atom. The van der Waals surface area contributed by atoms with Gasteiger partial charge in [0.15, 0.2) is 0 Å². The van der Waals surface area contributed by atoms with Crippen LogP contribution < -0.4 is 5.73 Å². The van der Waals surface area contributed by atoms with Crippen molar-refractivity contribution in [1.29, 1.82) is 0 Å². The Hall–Kier alpha value is -1.80. The van der Waals surface area contributed by atoms with Gasteiger partial charge in [-0.05, 0) is 12.1 Å². The Morgan fingerprint density at radius 2 is 1.87 bits per heavy atom. The minimum Gasteiger partial charge on any atom is -0.506 e. The molecule has 0 aliphatic rings. The van der Waals surface area contributed by atoms with Crippen LogP contribution in [-0.2, 0) is 10.1 Å². The summed E-state index contributed by atoms with van der Waals surface area (Å²) in [6, 6.07) is 1.33. The van der Waals surface area contributed by atoms with Crippen LogP contribution >= 0.6 is 0 Å². The summed E-state index contributed by atoms with van der Waals surface area (Å²) in [6.45, 7) is 0. The summed E-state index contributed by atoms with van der Waals surface area (Å²) in [6.07, 6.45) is 0. The molecule has 1 aromatic rings. The first-order valence-corrected chi connectivity index (χ1v) is 5.00. The lowest BCUT2D eigenvalue weighted by Crippen LogP contribution is -2.09. The molecule has 0 aliphatic carbocycles. The average molecular weight is 233 g/mol. The van der Waals surface area contributed by atoms with Gasteiger partial charge in [-0.25, -0.2) is 4.79 Å². The second-order valence-corrected chi connectivity index (χ2v) is 4.08. The number of nitrogen functional groups attached to an aromatic ring is 1. The molecule has 7 nitrogen and oxygen atoms in total. The van der Waals surface area contributed by atoms with E-state index >= 15 is 0 Å². The Morgan fingerprint density at radius 1 is 1.33 bits per heavy atom. The fraction of sp³-hybridized carbons (Fsp3) is 0. The largest absolute Gasteiger partial charge is 0.506 e. The summed E-state index contributed by atoms with van der Waals surface area (Å²) in [4.78, 5) is 9.75. The number of phenolic OH excluding ortho intramolecular Hbond substituents is 1. The number of phenols is 1. The van der Waals surface area contributed by atoms with Crippen LogP contribution in [-0.4, -0.2) is 29.2 Å². The molecule has 15 heavy (non-hydrogen) atoms. The van der Waals surface area contributed by atoms with Crippen molar-refractivity contribution in [3.05, 3.63) is 17.7 Å². The summed E-state index contributed by atoms with van der Waals surface area (Å²) >= 11 is 0. The van der Waals surface area contributed by atoms with Crippen LogP contribution in [0.1, 0.15) is 10.4 Å². The highest BCUT2D eigenvalue weighted by molar-refractivity contribution is 7.86. The minimum absolute atomic E-state index is 0.340. The maximum atomic E-state index is 10.8. The van der Waals surface area contributed by atoms with E-state index in [1.54, 1.807) is 0 Å². The van der Waals surface area contributed by atoms with Gasteiger partial charge in [0, 0.05) is 0 Å². The van der Waals surface area contributed by atoms with E-state index in [0.717, 1.165) is 0 Å². The van der Waals surface area contributed by atoms with Crippen LogP contribution in [0.15, 0.2) is 17.0 Å². The van der Waals surface area contributed by atoms with Crippen molar-refractivity contribution in [2.45, 2.75) is 4.90 Å². The zero-order valence-corrected chi connectivity index (χ0v) is 8.02. The van der Waals surface area contributed by atoms with Gasteiger partial charge in [0.05, 0.1) is 11.3 Å². The van der Waals surface area contributed by atoms with E-state index in [9.17, 15) is 13.2 Å². The second-order valence-electron chi connectivity index (χ2n) is 2.69. The quantitative estimate of drug-likeness (QED) is 0.318. The van der Waals surface area contributed by atoms with Crippen molar-refractivity contribution in [2.75, 3.05) is 5.73 Å². The van der Waals surface area contributed by atoms with E-state index in [1.807, 2.05) is 0 Å². The smallest absolute Gasteiger partial charge is 0.337 e. The molecule has 0 saturated heterocycles. The predicted octanol–water partition coefficient (Wildman–Crippen LogP) is -0.0807. The molecule has 0 atom stereocenters. The van der Waals surface area contributed by atoms with Crippen LogP contribution in [0, 0.1) is 0 Å². The lowest BCUT2D eigenvalue weighted by Gasteiger charge is -2.05. The van der Waals surface area contributed by atoms with Crippen molar-refractivity contribution >= 4 is 21.8 Å². The molecule has 0 radical (unpaired) electrons. The van der Waals surface area contributed by atoms with Crippen molar-refractivity contribution in [3.8, 4) is 5.75 Å². The number of hydrogen-bond acceptors (Lipinski definition) is 5. The van der Waals surface area contributed by atoms with Gasteiger partial charge in [-0.2, -0.15) is 8.42 Å². The number of hydrogen-bond donors (Lipinski definition) is 4. The van der Waals surface area contributed by atoms with Crippen molar-refractivity contribution < 1.29 is 28.0 Å². The molecule has 0 unspecified atom stereocenters. The van der Waals surface area contributed by atoms with Crippen LogP contribution in [0.4, 0.5) is 5.69 Å². The average Bonchev–Trinajstić information content (AvgIpc) is 2.06. The van der Waals surface area contributed by atoms with Gasteiger partial charge in [0.25, 0.3) is 10.1 Å². The van der Waals surface area contributed by atoms with E-state index in [2.05, 4.69) is 0 Å². The number of aromatic carboxylic acids is 1. The number of aromatic hydroxyl groups is 1. The van der Waals surface area contributed by atoms with Crippen LogP contribution in [0.2, 0.25) is 0 Å². The summed E-state index contributed by atoms with van der Waals surface area (Å²) in [5.74, 6) is -2.17. The first kappa shape index (κ1) is 11.3. The fourth-order valence-corrected chi connectivity index (χ4v) is 1.66. The normalized spacial score (nSPS) is 11.3. The Bertz CT molecular complexity index is 521. The topological polar surface area (TPSA) is 138 Å². The molecule has 8 heteroatoms. The molecule has 0 fully saturated rings. The molecule has 82 valence electrons. The first-order valence-electron chi connectivity index (χ1n) is 3.56. The number of benzene rings is 1. The molecule has 0 saturated carbocycles. The number of anilines is 1. The Balaban J connectivity index is 3.64. The predicted molar refractivity (Wildman–Crippen MR) is 49.3 cm³/mol. The highest BCUT2D eigenvalue weighted by atomic mass is 32.2. The van der Waals surface area contributed by atoms with Gasteiger partial charge in [0.2, 0.25) is 0 Å². The van der Waals surface area contributed by atoms with Crippen molar-refractivity contribution in [3.63, 3.8) is 0 Å². The van der Waals surface area contributed by atoms with Crippen LogP contribution in [0.25, 0.3) is 0 Å². The summed E-state index contributed by atoms with van der Waals surface area (Å²) in [5, 5.41) is 17.7. The maximum Gasteiger partial charge on any atom is 0.337 e. The number of carbonyl (C=O) groups is 1. The number of nitrogens with two attached hydrogens (primary N) is 1. The number of rotatable bonds is 2. The highest BCUT2D eigenvalue weighted by Gasteiger charge is 2.22. The van der Waals surface area contributed by atoms with E-state index < -0.39 is 32.3 Å².